The van der Waals surface area contributed by atoms with Gasteiger partial charge in [0, 0.05) is 57.5 Å². The lowest BCUT2D eigenvalue weighted by molar-refractivity contribution is -0.142. The van der Waals surface area contributed by atoms with Gasteiger partial charge in [-0.15, -0.1) is 0 Å². The van der Waals surface area contributed by atoms with Crippen molar-refractivity contribution in [3.05, 3.63) is 0 Å². The van der Waals surface area contributed by atoms with E-state index >= 15 is 0 Å². The van der Waals surface area contributed by atoms with E-state index in [0.29, 0.717) is 13.0 Å². The molecule has 1 aliphatic heterocycles. The second-order valence-corrected chi connectivity index (χ2v) is 21.9. The van der Waals surface area contributed by atoms with Crippen molar-refractivity contribution in [3.8, 4) is 0 Å². The van der Waals surface area contributed by atoms with Crippen molar-refractivity contribution in [2.24, 2.45) is 11.7 Å². The summed E-state index contributed by atoms with van der Waals surface area (Å²) in [7, 11) is 0. The third kappa shape index (κ3) is 32.5. The molecule has 37 heteroatoms. The van der Waals surface area contributed by atoms with Crippen molar-refractivity contribution in [2.45, 2.75) is 166 Å². The number of hydrogen-bond acceptors (Lipinski definition) is 20. The van der Waals surface area contributed by atoms with Gasteiger partial charge in [0.15, 0.2) is 0 Å². The number of nitrogens with two attached hydrogens (primary N) is 1. The zero-order valence-corrected chi connectivity index (χ0v) is 51.5. The number of nitrogens with one attached hydrogen (secondary N) is 11. The smallest absolute Gasteiger partial charge is 0.303 e. The number of likely N-dealkylation sites (N-methyl/N-ethyl adjacent to an activating group) is 1. The van der Waals surface area contributed by atoms with Gasteiger partial charge in [-0.1, -0.05) is 13.8 Å². The Bertz CT molecular complexity index is 2560. The summed E-state index contributed by atoms with van der Waals surface area (Å²) in [6, 6.07) is -13.1. The molecule has 0 aliphatic carbocycles. The number of ether oxygens (including phenoxy) is 1. The van der Waals surface area contributed by atoms with Gasteiger partial charge in [0.25, 0.3) is 0 Å². The first-order valence-electron chi connectivity index (χ1n) is 28.7. The maximum Gasteiger partial charge on any atom is 0.303 e. The summed E-state index contributed by atoms with van der Waals surface area (Å²) in [5.74, 6) is -17.8. The topological polar surface area (TPSA) is 562 Å². The average molecular weight is 1300 g/mol. The Balaban J connectivity index is 3.07. The molecule has 2 unspecified atom stereocenters. The van der Waals surface area contributed by atoms with Crippen LogP contribution in [0.4, 0.5) is 0 Å². The van der Waals surface area contributed by atoms with E-state index < -0.39 is 232 Å². The third-order valence-corrected chi connectivity index (χ3v) is 13.7. The molecule has 0 aromatic rings. The number of carboxylic acid groups (broad SMARTS) is 5. The van der Waals surface area contributed by atoms with E-state index in [9.17, 15) is 102 Å². The number of thioether (sulfide) groups is 1. The summed E-state index contributed by atoms with van der Waals surface area (Å²) in [5.41, 5.74) is 5.72. The minimum absolute atomic E-state index is 0.0845. The molecule has 18 N–H and O–H groups in total. The van der Waals surface area contributed by atoms with Gasteiger partial charge in [0.1, 0.15) is 54.9 Å². The molecule has 0 bridgehead atoms. The van der Waals surface area contributed by atoms with Crippen LogP contribution in [-0.2, 0) is 86.2 Å². The number of likely N-dealkylation sites (tertiary alicyclic amines) is 1. The van der Waals surface area contributed by atoms with Crippen LogP contribution in [0.25, 0.3) is 0 Å². The minimum atomic E-state index is -1.87. The van der Waals surface area contributed by atoms with Crippen LogP contribution < -0.4 is 64.2 Å². The first-order chi connectivity index (χ1) is 42.3. The van der Waals surface area contributed by atoms with E-state index in [-0.39, 0.29) is 50.8 Å². The molecular formula is C53H85N13O23S. The van der Waals surface area contributed by atoms with Crippen LogP contribution >= 0.6 is 11.8 Å². The molecule has 506 valence electrons. The van der Waals surface area contributed by atoms with E-state index in [0.717, 1.165) is 0 Å². The van der Waals surface area contributed by atoms with Crippen LogP contribution in [0, 0.1) is 5.92 Å². The minimum Gasteiger partial charge on any atom is -0.481 e. The van der Waals surface area contributed by atoms with E-state index in [1.807, 2.05) is 0 Å². The molecular weight excluding hydrogens is 1220 g/mol. The Morgan fingerprint density at radius 3 is 1.41 bits per heavy atom. The number of amides is 12. The largest absolute Gasteiger partial charge is 0.481 e. The first-order valence-corrected chi connectivity index (χ1v) is 30.1. The number of carbonyl (C=O) groups is 17. The highest BCUT2D eigenvalue weighted by Gasteiger charge is 2.37. The van der Waals surface area contributed by atoms with Crippen molar-refractivity contribution in [2.75, 3.05) is 57.9 Å². The normalized spacial score (nSPS) is 15.2. The van der Waals surface area contributed by atoms with Crippen LogP contribution in [0.2, 0.25) is 0 Å². The highest BCUT2D eigenvalue weighted by molar-refractivity contribution is 7.98. The van der Waals surface area contributed by atoms with Crippen LogP contribution in [-0.4, -0.2) is 243 Å². The monoisotopic (exact) mass is 1300 g/mol. The fourth-order valence-electron chi connectivity index (χ4n) is 8.42. The molecule has 1 rings (SSSR count). The molecule has 0 spiro atoms. The Labute approximate surface area is 521 Å². The van der Waals surface area contributed by atoms with E-state index in [1.165, 1.54) is 23.6 Å². The molecule has 36 nitrogen and oxygen atoms in total. The van der Waals surface area contributed by atoms with Crippen molar-refractivity contribution in [1.82, 2.24) is 63.4 Å². The summed E-state index contributed by atoms with van der Waals surface area (Å²) in [5, 5.41) is 72.6. The van der Waals surface area contributed by atoms with E-state index in [4.69, 9.17) is 15.6 Å². The summed E-state index contributed by atoms with van der Waals surface area (Å²) in [6.07, 6.45) is -4.25. The summed E-state index contributed by atoms with van der Waals surface area (Å²) in [4.78, 5) is 216. The zero-order valence-electron chi connectivity index (χ0n) is 50.6. The number of hydrogen-bond donors (Lipinski definition) is 17. The highest BCUT2D eigenvalue weighted by Crippen LogP contribution is 2.19. The molecule has 1 aliphatic rings. The first kappa shape index (κ1) is 79.3. The predicted octanol–water partition coefficient (Wildman–Crippen LogP) is -6.05. The quantitative estimate of drug-likeness (QED) is 0.0252. The third-order valence-electron chi connectivity index (χ3n) is 13.1. The molecule has 0 aromatic carbocycles. The molecule has 0 aromatic heterocycles. The maximum atomic E-state index is 13.8. The Kier molecular flexibility index (Phi) is 37.2. The van der Waals surface area contributed by atoms with Gasteiger partial charge < -0.3 is 99.4 Å². The second-order valence-electron chi connectivity index (χ2n) is 21.0. The van der Waals surface area contributed by atoms with Gasteiger partial charge in [-0.05, 0) is 77.4 Å². The van der Waals surface area contributed by atoms with Gasteiger partial charge in [0.2, 0.25) is 70.9 Å². The second kappa shape index (κ2) is 42.2. The summed E-state index contributed by atoms with van der Waals surface area (Å²) >= 11 is 1.21. The standard InChI is InChI=1S/C53H85N13O23S/c1-6-55-37(67)23-57-45(80)28(4)59-52(87)35(26-90-5)60-38(68)24-58-48(83)34(22-27(2)3)65-53(88)36-8-7-20-66(36)39(69)25-89-21-19-56-47(82)30(10-15-41(72)73)62-50(85)32(12-17-43(76)77)64-51(86)33(13-18-44(78)79)63-49(84)31(11-16-42(74)75)61-46(81)29(54)9-14-40(70)71/h27-36H,6-26,54H2,1-5H3,(H,55,67)(H,56,82)(H,57,80)(H,58,83)(H,59,87)(H,60,68)(H,61,81)(H,62,85)(H,63,84)(H,64,86)(H,65,88)(H,70,71)(H,72,73)(H,74,75)(H,76,77)(H,78,79)/t28-,29+,30+,31+,32+,33+,34?,35?,36-/m0/s1. The average Bonchev–Trinajstić information content (AvgIpc) is 3.17. The van der Waals surface area contributed by atoms with Crippen molar-refractivity contribution in [3.63, 3.8) is 0 Å². The summed E-state index contributed by atoms with van der Waals surface area (Å²) < 4.78 is 5.47. The zero-order chi connectivity index (χ0) is 68.2. The van der Waals surface area contributed by atoms with Crippen LogP contribution in [0.5, 0.6) is 0 Å². The van der Waals surface area contributed by atoms with Crippen LogP contribution in [0.1, 0.15) is 111 Å². The lowest BCUT2D eigenvalue weighted by Crippen LogP contribution is -2.59. The Hall–Kier alpha value is -8.74. The number of carboxylic acids is 5. The molecule has 1 saturated heterocycles. The van der Waals surface area contributed by atoms with Gasteiger partial charge >= 0.3 is 29.8 Å². The van der Waals surface area contributed by atoms with Gasteiger partial charge in [-0.2, -0.15) is 11.8 Å². The summed E-state index contributed by atoms with van der Waals surface area (Å²) in [6.45, 7) is 4.82. The molecule has 1 heterocycles. The molecule has 12 amide bonds. The molecule has 0 radical (unpaired) electrons. The van der Waals surface area contributed by atoms with Crippen molar-refractivity contribution < 1.29 is 112 Å². The lowest BCUT2D eigenvalue weighted by atomic mass is 10.0. The van der Waals surface area contributed by atoms with Crippen LogP contribution in [0.3, 0.4) is 0 Å². The predicted molar refractivity (Wildman–Crippen MR) is 313 cm³/mol. The molecule has 1 fully saturated rings. The molecule has 90 heavy (non-hydrogen) atoms. The highest BCUT2D eigenvalue weighted by atomic mass is 32.2. The number of carbonyl (C=O) groups excluding carboxylic acids is 12. The van der Waals surface area contributed by atoms with Crippen molar-refractivity contribution in [1.29, 1.82) is 0 Å². The van der Waals surface area contributed by atoms with E-state index in [2.05, 4.69) is 58.5 Å². The van der Waals surface area contributed by atoms with Crippen LogP contribution in [0.15, 0.2) is 0 Å². The SMILES string of the molecule is CCNC(=O)CNC(=O)[C@H](C)NC(=O)C(CSC)NC(=O)CNC(=O)C(CC(C)C)NC(=O)[C@@H]1CCCN1C(=O)COCCNC(=O)[C@@H](CCC(=O)O)NC(=O)[C@@H](CCC(=O)O)NC(=O)[C@@H](CCC(=O)O)NC(=O)[C@@H](CCC(=O)O)NC(=O)[C@H](N)CCC(=O)O. The Morgan fingerprint density at radius 2 is 0.944 bits per heavy atom. The van der Waals surface area contributed by atoms with E-state index in [1.54, 1.807) is 27.0 Å². The Morgan fingerprint density at radius 1 is 0.511 bits per heavy atom. The number of nitrogens with zero attached hydrogens (tertiary/aromatic N) is 1. The molecule has 9 atom stereocenters. The van der Waals surface area contributed by atoms with Gasteiger partial charge in [0.05, 0.1) is 25.7 Å². The maximum absolute atomic E-state index is 13.8. The number of aliphatic carboxylic acids is 5. The fourth-order valence-corrected chi connectivity index (χ4v) is 8.99. The van der Waals surface area contributed by atoms with Gasteiger partial charge in [-0.25, -0.2) is 0 Å². The number of rotatable bonds is 45. The molecule has 0 saturated carbocycles. The lowest BCUT2D eigenvalue weighted by Gasteiger charge is -2.27. The fraction of sp³-hybridized carbons (Fsp3) is 0.679. The van der Waals surface area contributed by atoms with Crippen molar-refractivity contribution >= 4 is 112 Å². The van der Waals surface area contributed by atoms with Gasteiger partial charge in [-0.3, -0.25) is 81.5 Å².